The molecule has 0 atom stereocenters. The lowest BCUT2D eigenvalue weighted by Crippen LogP contribution is -2.17. The number of fused-ring (bicyclic) bond motifs is 1. The Bertz CT molecular complexity index is 484. The highest BCUT2D eigenvalue weighted by molar-refractivity contribution is 5.75. The van der Waals surface area contributed by atoms with E-state index in [1.54, 1.807) is 6.92 Å². The molecular formula is C7H6N2O3. The predicted octanol–water partition coefficient (Wildman–Crippen LogP) is 0.118. The van der Waals surface area contributed by atoms with Gasteiger partial charge in [0.2, 0.25) is 5.58 Å². The number of aromatic amines is 2. The van der Waals surface area contributed by atoms with Gasteiger partial charge in [0.05, 0.1) is 5.39 Å². The molecule has 0 amide bonds. The van der Waals surface area contributed by atoms with Crippen molar-refractivity contribution in [2.24, 2.45) is 0 Å². The van der Waals surface area contributed by atoms with E-state index in [2.05, 4.69) is 10.2 Å². The van der Waals surface area contributed by atoms with Gasteiger partial charge in [-0.25, -0.2) is 0 Å². The Kier molecular flexibility index (Phi) is 1.21. The van der Waals surface area contributed by atoms with Crippen LogP contribution in [-0.2, 0) is 0 Å². The van der Waals surface area contributed by atoms with Crippen LogP contribution >= 0.6 is 0 Å². The fraction of sp³-hybridized carbons (Fsp3) is 0.143. The van der Waals surface area contributed by atoms with Gasteiger partial charge in [0.15, 0.2) is 0 Å². The number of hydrogen-bond acceptors (Lipinski definition) is 3. The van der Waals surface area contributed by atoms with E-state index in [1.807, 2.05) is 0 Å². The minimum absolute atomic E-state index is 0.0799. The molecule has 2 heterocycles. The second kappa shape index (κ2) is 2.10. The zero-order valence-corrected chi connectivity index (χ0v) is 6.30. The maximum Gasteiger partial charge on any atom is 0.306 e. The molecule has 0 aliphatic heterocycles. The minimum atomic E-state index is -0.419. The molecule has 0 saturated heterocycles. The third kappa shape index (κ3) is 0.795. The minimum Gasteiger partial charge on any atom is -0.455 e. The summed E-state index contributed by atoms with van der Waals surface area (Å²) in [5, 5.41) is 4.66. The summed E-state index contributed by atoms with van der Waals surface area (Å²) in [6.45, 7) is 1.68. The average Bonchev–Trinajstić information content (AvgIpc) is 2.41. The standard InChI is InChI=1S/C7H6N2O3/c1-3-2-4-5(12-3)7(11)9-8-6(4)10/h2H,1H3,(H,8,10)(H,9,11). The van der Waals surface area contributed by atoms with Gasteiger partial charge in [-0.3, -0.25) is 19.8 Å². The van der Waals surface area contributed by atoms with Crippen molar-refractivity contribution in [3.63, 3.8) is 0 Å². The molecule has 0 aromatic carbocycles. The van der Waals surface area contributed by atoms with Gasteiger partial charge in [-0.2, -0.15) is 0 Å². The highest BCUT2D eigenvalue weighted by Crippen LogP contribution is 2.09. The number of nitrogens with one attached hydrogen (secondary N) is 2. The summed E-state index contributed by atoms with van der Waals surface area (Å²) in [6, 6.07) is 1.53. The van der Waals surface area contributed by atoms with Crippen molar-refractivity contribution in [2.75, 3.05) is 0 Å². The maximum atomic E-state index is 11.1. The number of H-pyrrole nitrogens is 2. The smallest absolute Gasteiger partial charge is 0.306 e. The van der Waals surface area contributed by atoms with Crippen molar-refractivity contribution in [2.45, 2.75) is 6.92 Å². The first kappa shape index (κ1) is 6.90. The normalized spacial score (nSPS) is 10.8. The predicted molar refractivity (Wildman–Crippen MR) is 42.2 cm³/mol. The third-order valence-electron chi connectivity index (χ3n) is 1.60. The summed E-state index contributed by atoms with van der Waals surface area (Å²) in [5.41, 5.74) is -0.685. The molecule has 5 heteroatoms. The van der Waals surface area contributed by atoms with E-state index in [-0.39, 0.29) is 16.5 Å². The summed E-state index contributed by atoms with van der Waals surface area (Å²) >= 11 is 0. The molecule has 0 spiro atoms. The molecule has 0 aliphatic rings. The Balaban J connectivity index is 3.14. The van der Waals surface area contributed by atoms with Crippen molar-refractivity contribution in [3.05, 3.63) is 32.5 Å². The number of rotatable bonds is 0. The lowest BCUT2D eigenvalue weighted by Gasteiger charge is -1.83. The van der Waals surface area contributed by atoms with Gasteiger partial charge in [-0.15, -0.1) is 0 Å². The van der Waals surface area contributed by atoms with Crippen LogP contribution in [0, 0.1) is 6.92 Å². The lowest BCUT2D eigenvalue weighted by atomic mass is 10.3. The first-order valence-electron chi connectivity index (χ1n) is 3.39. The van der Waals surface area contributed by atoms with Crippen LogP contribution in [0.25, 0.3) is 11.0 Å². The Morgan fingerprint density at radius 3 is 2.58 bits per heavy atom. The van der Waals surface area contributed by atoms with Crippen LogP contribution in [0.1, 0.15) is 5.76 Å². The second-order valence-electron chi connectivity index (χ2n) is 2.51. The van der Waals surface area contributed by atoms with Crippen molar-refractivity contribution >= 4 is 11.0 Å². The van der Waals surface area contributed by atoms with E-state index < -0.39 is 5.56 Å². The number of aryl methyl sites for hydroxylation is 1. The fourth-order valence-electron chi connectivity index (χ4n) is 1.09. The molecule has 0 bridgehead atoms. The summed E-state index contributed by atoms with van der Waals surface area (Å²) < 4.78 is 5.02. The second-order valence-corrected chi connectivity index (χ2v) is 2.51. The molecule has 0 saturated carbocycles. The van der Waals surface area contributed by atoms with E-state index in [0.717, 1.165) is 0 Å². The van der Waals surface area contributed by atoms with Crippen molar-refractivity contribution in [1.29, 1.82) is 0 Å². The van der Waals surface area contributed by atoms with Gasteiger partial charge >= 0.3 is 5.56 Å². The van der Waals surface area contributed by atoms with Crippen LogP contribution in [0.15, 0.2) is 20.1 Å². The molecule has 62 valence electrons. The fourth-order valence-corrected chi connectivity index (χ4v) is 1.09. The van der Waals surface area contributed by atoms with Crippen LogP contribution in [0.4, 0.5) is 0 Å². The molecule has 0 fully saturated rings. The van der Waals surface area contributed by atoms with E-state index in [1.165, 1.54) is 6.07 Å². The van der Waals surface area contributed by atoms with E-state index >= 15 is 0 Å². The monoisotopic (exact) mass is 166 g/mol. The van der Waals surface area contributed by atoms with Gasteiger partial charge in [0.1, 0.15) is 5.76 Å². The molecule has 12 heavy (non-hydrogen) atoms. The maximum absolute atomic E-state index is 11.1. The first-order valence-corrected chi connectivity index (χ1v) is 3.39. The van der Waals surface area contributed by atoms with E-state index in [0.29, 0.717) is 5.76 Å². The highest BCUT2D eigenvalue weighted by Gasteiger charge is 2.06. The van der Waals surface area contributed by atoms with E-state index in [4.69, 9.17) is 4.42 Å². The third-order valence-corrected chi connectivity index (χ3v) is 1.60. The van der Waals surface area contributed by atoms with Crippen molar-refractivity contribution in [1.82, 2.24) is 10.2 Å². The Labute approximate surface area is 66.0 Å². The molecule has 2 aromatic rings. The number of aromatic nitrogens is 2. The molecule has 2 N–H and O–H groups in total. The zero-order chi connectivity index (χ0) is 8.72. The summed E-state index contributed by atoms with van der Waals surface area (Å²) in [7, 11) is 0. The van der Waals surface area contributed by atoms with Crippen molar-refractivity contribution in [3.8, 4) is 0 Å². The molecule has 2 rings (SSSR count). The van der Waals surface area contributed by atoms with Gasteiger partial charge in [0.25, 0.3) is 5.56 Å². The summed E-state index contributed by atoms with van der Waals surface area (Å²) in [6.07, 6.45) is 0. The van der Waals surface area contributed by atoms with Crippen LogP contribution in [0.2, 0.25) is 0 Å². The van der Waals surface area contributed by atoms with Crippen molar-refractivity contribution < 1.29 is 4.42 Å². The van der Waals surface area contributed by atoms with Crippen LogP contribution in [0.3, 0.4) is 0 Å². The quantitative estimate of drug-likeness (QED) is 0.583. The summed E-state index contributed by atoms with van der Waals surface area (Å²) in [5.74, 6) is 0.548. The molecule has 2 aromatic heterocycles. The van der Waals surface area contributed by atoms with E-state index in [9.17, 15) is 9.59 Å². The van der Waals surface area contributed by atoms with Gasteiger partial charge < -0.3 is 4.42 Å². The Morgan fingerprint density at radius 1 is 1.25 bits per heavy atom. The topological polar surface area (TPSA) is 78.9 Å². The summed E-state index contributed by atoms with van der Waals surface area (Å²) in [4.78, 5) is 22.1. The zero-order valence-electron chi connectivity index (χ0n) is 6.30. The first-order chi connectivity index (χ1) is 5.68. The van der Waals surface area contributed by atoms with Crippen LogP contribution in [-0.4, -0.2) is 10.2 Å². The molecular weight excluding hydrogens is 160 g/mol. The van der Waals surface area contributed by atoms with Gasteiger partial charge in [-0.05, 0) is 13.0 Å². The molecule has 5 nitrogen and oxygen atoms in total. The lowest BCUT2D eigenvalue weighted by molar-refractivity contribution is 0.572. The van der Waals surface area contributed by atoms with Crippen LogP contribution in [0.5, 0.6) is 0 Å². The molecule has 0 unspecified atom stereocenters. The SMILES string of the molecule is Cc1cc2c(=O)[nH][nH]c(=O)c2o1. The molecule has 0 aliphatic carbocycles. The number of furan rings is 1. The highest BCUT2D eigenvalue weighted by atomic mass is 16.3. The Morgan fingerprint density at radius 2 is 1.92 bits per heavy atom. The average molecular weight is 166 g/mol. The molecule has 0 radical (unpaired) electrons. The Hall–Kier alpha value is -1.78. The van der Waals surface area contributed by atoms with Crippen LogP contribution < -0.4 is 11.1 Å². The van der Waals surface area contributed by atoms with Gasteiger partial charge in [-0.1, -0.05) is 0 Å². The largest absolute Gasteiger partial charge is 0.455 e. The van der Waals surface area contributed by atoms with Gasteiger partial charge in [0, 0.05) is 0 Å². The number of hydrogen-bond donors (Lipinski definition) is 2.